The second kappa shape index (κ2) is 10.4. The van der Waals surface area contributed by atoms with E-state index in [0.717, 1.165) is 35.3 Å². The molecular formula is C23H25Cl2N3O2S. The van der Waals surface area contributed by atoms with Crippen LogP contribution in [0, 0.1) is 16.0 Å². The first-order valence-corrected chi connectivity index (χ1v) is 11.8. The standard InChI is InChI=1S/C23H25Cl2N3O2S/c1-15(2)5-4-6-16(3)27-22(17-7-10-19(11-8-17)28(29)30)14-31-23(27)26-21-12-9-18(24)13-20(21)25/h7-16H,4-6H2,1-3H3. The number of nitrogens with zero attached hydrogens (tertiary/aromatic N) is 3. The molecule has 1 atom stereocenters. The van der Waals surface area contributed by atoms with E-state index >= 15 is 0 Å². The van der Waals surface area contributed by atoms with Gasteiger partial charge in [-0.3, -0.25) is 10.1 Å². The van der Waals surface area contributed by atoms with Gasteiger partial charge in [-0.05, 0) is 55.2 Å². The summed E-state index contributed by atoms with van der Waals surface area (Å²) in [5, 5.41) is 14.1. The average molecular weight is 478 g/mol. The Hall–Kier alpha value is -2.15. The summed E-state index contributed by atoms with van der Waals surface area (Å²) in [5.41, 5.74) is 2.64. The van der Waals surface area contributed by atoms with Crippen LogP contribution in [0.3, 0.4) is 0 Å². The van der Waals surface area contributed by atoms with Crippen LogP contribution in [-0.2, 0) is 0 Å². The molecule has 0 amide bonds. The van der Waals surface area contributed by atoms with Crippen LogP contribution in [0.5, 0.6) is 0 Å². The van der Waals surface area contributed by atoms with Crippen molar-refractivity contribution in [1.29, 1.82) is 0 Å². The predicted molar refractivity (Wildman–Crippen MR) is 129 cm³/mol. The maximum atomic E-state index is 11.0. The average Bonchev–Trinajstić information content (AvgIpc) is 3.13. The summed E-state index contributed by atoms with van der Waals surface area (Å²) in [4.78, 5) is 16.3. The van der Waals surface area contributed by atoms with Gasteiger partial charge in [0, 0.05) is 28.6 Å². The number of non-ortho nitro benzene ring substituents is 1. The number of thiazole rings is 1. The highest BCUT2D eigenvalue weighted by Gasteiger charge is 2.16. The van der Waals surface area contributed by atoms with Crippen molar-refractivity contribution >= 4 is 45.9 Å². The molecule has 0 spiro atoms. The Labute approximate surface area is 196 Å². The second-order valence-electron chi connectivity index (χ2n) is 7.96. The summed E-state index contributed by atoms with van der Waals surface area (Å²) in [7, 11) is 0. The zero-order chi connectivity index (χ0) is 22.5. The number of aromatic nitrogens is 1. The molecule has 5 nitrogen and oxygen atoms in total. The van der Waals surface area contributed by atoms with Crippen LogP contribution >= 0.6 is 34.5 Å². The zero-order valence-electron chi connectivity index (χ0n) is 17.7. The number of halogens is 2. The zero-order valence-corrected chi connectivity index (χ0v) is 20.0. The first kappa shape index (κ1) is 23.5. The van der Waals surface area contributed by atoms with E-state index in [4.69, 9.17) is 28.2 Å². The smallest absolute Gasteiger partial charge is 0.269 e. The Morgan fingerprint density at radius 3 is 2.42 bits per heavy atom. The maximum absolute atomic E-state index is 11.0. The molecule has 0 N–H and O–H groups in total. The van der Waals surface area contributed by atoms with Crippen molar-refractivity contribution in [3.05, 3.63) is 72.8 Å². The third-order valence-corrected chi connectivity index (χ3v) is 6.46. The molecule has 0 aliphatic rings. The topological polar surface area (TPSA) is 60.4 Å². The lowest BCUT2D eigenvalue weighted by molar-refractivity contribution is -0.384. The summed E-state index contributed by atoms with van der Waals surface area (Å²) in [5.74, 6) is 0.658. The van der Waals surface area contributed by atoms with Crippen molar-refractivity contribution in [1.82, 2.24) is 4.57 Å². The number of hydrogen-bond donors (Lipinski definition) is 0. The molecular weight excluding hydrogens is 453 g/mol. The molecule has 0 saturated carbocycles. The lowest BCUT2D eigenvalue weighted by Crippen LogP contribution is -2.20. The molecule has 0 radical (unpaired) electrons. The van der Waals surface area contributed by atoms with Gasteiger partial charge in [0.2, 0.25) is 0 Å². The van der Waals surface area contributed by atoms with Gasteiger partial charge < -0.3 is 4.57 Å². The minimum absolute atomic E-state index is 0.0772. The number of nitro groups is 1. The fraction of sp³-hybridized carbons (Fsp3) is 0.348. The van der Waals surface area contributed by atoms with Crippen molar-refractivity contribution in [2.75, 3.05) is 0 Å². The Balaban J connectivity index is 2.06. The minimum atomic E-state index is -0.386. The third-order valence-electron chi connectivity index (χ3n) is 5.09. The molecule has 164 valence electrons. The lowest BCUT2D eigenvalue weighted by atomic mass is 10.0. The van der Waals surface area contributed by atoms with Gasteiger partial charge in [0.1, 0.15) is 0 Å². The van der Waals surface area contributed by atoms with Gasteiger partial charge in [-0.15, -0.1) is 11.3 Å². The molecule has 1 heterocycles. The highest BCUT2D eigenvalue weighted by Crippen LogP contribution is 2.30. The van der Waals surface area contributed by atoms with E-state index in [2.05, 4.69) is 25.3 Å². The summed E-state index contributed by atoms with van der Waals surface area (Å²) >= 11 is 13.9. The molecule has 3 rings (SSSR count). The maximum Gasteiger partial charge on any atom is 0.269 e. The van der Waals surface area contributed by atoms with Crippen LogP contribution in [0.15, 0.2) is 52.8 Å². The first-order chi connectivity index (χ1) is 14.8. The van der Waals surface area contributed by atoms with Crippen molar-refractivity contribution in [3.63, 3.8) is 0 Å². The highest BCUT2D eigenvalue weighted by molar-refractivity contribution is 7.07. The molecule has 0 aliphatic carbocycles. The van der Waals surface area contributed by atoms with E-state index in [1.165, 1.54) is 23.5 Å². The van der Waals surface area contributed by atoms with E-state index in [9.17, 15) is 10.1 Å². The van der Waals surface area contributed by atoms with Crippen LogP contribution in [0.1, 0.15) is 46.1 Å². The van der Waals surface area contributed by atoms with Gasteiger partial charge >= 0.3 is 0 Å². The molecule has 0 aliphatic heterocycles. The summed E-state index contributed by atoms with van der Waals surface area (Å²) in [6.45, 7) is 6.65. The number of hydrogen-bond acceptors (Lipinski definition) is 4. The van der Waals surface area contributed by atoms with Gasteiger partial charge in [-0.1, -0.05) is 49.9 Å². The Kier molecular flexibility index (Phi) is 7.92. The van der Waals surface area contributed by atoms with E-state index in [0.29, 0.717) is 21.7 Å². The molecule has 0 fully saturated rings. The quantitative estimate of drug-likeness (QED) is 0.243. The lowest BCUT2D eigenvalue weighted by Gasteiger charge is -2.18. The van der Waals surface area contributed by atoms with E-state index in [1.54, 1.807) is 24.3 Å². The normalized spacial score (nSPS) is 13.0. The van der Waals surface area contributed by atoms with Crippen molar-refractivity contribution in [2.45, 2.75) is 46.1 Å². The van der Waals surface area contributed by atoms with Gasteiger partial charge in [0.05, 0.1) is 21.3 Å². The first-order valence-electron chi connectivity index (χ1n) is 10.2. The summed E-state index contributed by atoms with van der Waals surface area (Å²) in [6, 6.07) is 12.1. The summed E-state index contributed by atoms with van der Waals surface area (Å²) < 4.78 is 2.21. The van der Waals surface area contributed by atoms with Gasteiger partial charge in [-0.2, -0.15) is 0 Å². The fourth-order valence-electron chi connectivity index (χ4n) is 3.42. The van der Waals surface area contributed by atoms with Crippen molar-refractivity contribution < 1.29 is 4.92 Å². The van der Waals surface area contributed by atoms with Crippen molar-refractivity contribution in [2.24, 2.45) is 10.9 Å². The second-order valence-corrected chi connectivity index (χ2v) is 9.64. The molecule has 8 heteroatoms. The predicted octanol–water partition coefficient (Wildman–Crippen LogP) is 8.05. The molecule has 3 aromatic rings. The van der Waals surface area contributed by atoms with Crippen LogP contribution in [0.25, 0.3) is 11.3 Å². The van der Waals surface area contributed by atoms with Gasteiger partial charge in [0.25, 0.3) is 5.69 Å². The van der Waals surface area contributed by atoms with Gasteiger partial charge in [-0.25, -0.2) is 4.99 Å². The molecule has 1 unspecified atom stereocenters. The Morgan fingerprint density at radius 2 is 1.81 bits per heavy atom. The van der Waals surface area contributed by atoms with Crippen LogP contribution in [0.2, 0.25) is 10.0 Å². The van der Waals surface area contributed by atoms with E-state index < -0.39 is 0 Å². The minimum Gasteiger partial charge on any atom is -0.314 e. The number of benzene rings is 2. The van der Waals surface area contributed by atoms with Crippen LogP contribution < -0.4 is 4.80 Å². The molecule has 1 aromatic heterocycles. The fourth-order valence-corrected chi connectivity index (χ4v) is 4.88. The Bertz CT molecular complexity index is 1120. The third kappa shape index (κ3) is 5.97. The SMILES string of the molecule is CC(C)CCCC(C)n1c(-c2ccc([N+](=O)[O-])cc2)csc1=Nc1ccc(Cl)cc1Cl. The van der Waals surface area contributed by atoms with Crippen molar-refractivity contribution in [3.8, 4) is 11.3 Å². The van der Waals surface area contributed by atoms with E-state index in [1.807, 2.05) is 11.4 Å². The Morgan fingerprint density at radius 1 is 1.10 bits per heavy atom. The van der Waals surface area contributed by atoms with Gasteiger partial charge in [0.15, 0.2) is 4.80 Å². The molecule has 0 saturated heterocycles. The number of rotatable bonds is 8. The molecule has 0 bridgehead atoms. The summed E-state index contributed by atoms with van der Waals surface area (Å²) in [6.07, 6.45) is 3.29. The number of nitro benzene ring substituents is 1. The molecule has 31 heavy (non-hydrogen) atoms. The molecule has 2 aromatic carbocycles. The largest absolute Gasteiger partial charge is 0.314 e. The van der Waals surface area contributed by atoms with E-state index in [-0.39, 0.29) is 16.7 Å². The monoisotopic (exact) mass is 477 g/mol. The van der Waals surface area contributed by atoms with Crippen LogP contribution in [-0.4, -0.2) is 9.49 Å². The van der Waals surface area contributed by atoms with Crippen LogP contribution in [0.4, 0.5) is 11.4 Å². The highest BCUT2D eigenvalue weighted by atomic mass is 35.5.